The van der Waals surface area contributed by atoms with Crippen molar-refractivity contribution in [1.82, 2.24) is 19.9 Å². The van der Waals surface area contributed by atoms with Gasteiger partial charge in [-0.25, -0.2) is 9.97 Å². The van der Waals surface area contributed by atoms with Crippen molar-refractivity contribution in [3.8, 4) is 0 Å². The molecule has 1 N–H and O–H groups in total. The zero-order chi connectivity index (χ0) is 18.1. The van der Waals surface area contributed by atoms with Gasteiger partial charge in [-0.1, -0.05) is 23.7 Å². The number of halogens is 1. The molecule has 7 heteroatoms. The van der Waals surface area contributed by atoms with E-state index in [0.717, 1.165) is 21.6 Å². The summed E-state index contributed by atoms with van der Waals surface area (Å²) in [5.41, 5.74) is 4.17. The Labute approximate surface area is 159 Å². The van der Waals surface area contributed by atoms with Crippen molar-refractivity contribution in [3.63, 3.8) is 0 Å². The molecule has 0 aliphatic heterocycles. The number of carbonyl (C=O) groups is 1. The van der Waals surface area contributed by atoms with Crippen LogP contribution in [0, 0.1) is 0 Å². The average Bonchev–Trinajstić information content (AvgIpc) is 3.28. The van der Waals surface area contributed by atoms with E-state index in [9.17, 15) is 4.79 Å². The SMILES string of the molecule is Cn1ccnc1[C@H](NC(=O)c1ccc2ncsc2c1)c1ccc(Cl)cc1. The molecule has 1 atom stereocenters. The maximum Gasteiger partial charge on any atom is 0.252 e. The molecule has 1 amide bonds. The van der Waals surface area contributed by atoms with Gasteiger partial charge in [0.25, 0.3) is 5.91 Å². The van der Waals surface area contributed by atoms with Crippen LogP contribution in [0.15, 0.2) is 60.4 Å². The lowest BCUT2D eigenvalue weighted by Gasteiger charge is -2.19. The van der Waals surface area contributed by atoms with E-state index < -0.39 is 0 Å². The van der Waals surface area contributed by atoms with Crippen molar-refractivity contribution in [2.75, 3.05) is 0 Å². The van der Waals surface area contributed by atoms with Crippen LogP contribution in [0.1, 0.15) is 27.8 Å². The molecule has 0 aliphatic rings. The summed E-state index contributed by atoms with van der Waals surface area (Å²) in [5, 5.41) is 3.74. The van der Waals surface area contributed by atoms with Crippen LogP contribution in [0.2, 0.25) is 5.02 Å². The second kappa shape index (κ2) is 6.90. The summed E-state index contributed by atoms with van der Waals surface area (Å²) in [6, 6.07) is 12.5. The second-order valence-corrected chi connectivity index (χ2v) is 7.21. The normalized spacial score (nSPS) is 12.2. The first-order valence-electron chi connectivity index (χ1n) is 7.98. The van der Waals surface area contributed by atoms with E-state index in [-0.39, 0.29) is 11.9 Å². The number of nitrogens with zero attached hydrogens (tertiary/aromatic N) is 3. The van der Waals surface area contributed by atoms with Gasteiger partial charge in [0.1, 0.15) is 11.9 Å². The van der Waals surface area contributed by atoms with Crippen LogP contribution in [0.5, 0.6) is 0 Å². The van der Waals surface area contributed by atoms with Gasteiger partial charge in [0, 0.05) is 30.0 Å². The van der Waals surface area contributed by atoms with Crippen LogP contribution in [0.3, 0.4) is 0 Å². The standard InChI is InChI=1S/C19H15ClN4OS/c1-24-9-8-21-18(24)17(12-2-5-14(20)6-3-12)23-19(25)13-4-7-15-16(10-13)26-11-22-15/h2-11,17H,1H3,(H,23,25)/t17-/m1/s1. The van der Waals surface area contributed by atoms with Crippen molar-refractivity contribution >= 4 is 39.1 Å². The Bertz CT molecular complexity index is 1070. The number of aryl methyl sites for hydroxylation is 1. The number of amides is 1. The van der Waals surface area contributed by atoms with Gasteiger partial charge in [0.15, 0.2) is 0 Å². The maximum atomic E-state index is 12.9. The summed E-state index contributed by atoms with van der Waals surface area (Å²) in [7, 11) is 1.90. The Morgan fingerprint density at radius 2 is 2.00 bits per heavy atom. The fourth-order valence-corrected chi connectivity index (χ4v) is 3.66. The Kier molecular flexibility index (Phi) is 4.44. The summed E-state index contributed by atoms with van der Waals surface area (Å²) in [4.78, 5) is 21.5. The number of nitrogens with one attached hydrogen (secondary N) is 1. The van der Waals surface area contributed by atoms with Crippen LogP contribution in [0.4, 0.5) is 0 Å². The van der Waals surface area contributed by atoms with E-state index in [2.05, 4.69) is 15.3 Å². The van der Waals surface area contributed by atoms with Gasteiger partial charge in [0.05, 0.1) is 15.7 Å². The number of benzene rings is 2. The number of fused-ring (bicyclic) bond motifs is 1. The highest BCUT2D eigenvalue weighted by Gasteiger charge is 2.21. The van der Waals surface area contributed by atoms with Crippen LogP contribution < -0.4 is 5.32 Å². The Morgan fingerprint density at radius 3 is 2.73 bits per heavy atom. The number of hydrogen-bond donors (Lipinski definition) is 1. The fourth-order valence-electron chi connectivity index (χ4n) is 2.82. The number of aromatic nitrogens is 3. The second-order valence-electron chi connectivity index (χ2n) is 5.89. The third kappa shape index (κ3) is 3.21. The largest absolute Gasteiger partial charge is 0.338 e. The van der Waals surface area contributed by atoms with Gasteiger partial charge in [0.2, 0.25) is 0 Å². The van der Waals surface area contributed by atoms with E-state index in [0.29, 0.717) is 10.6 Å². The Balaban J connectivity index is 1.68. The molecule has 4 rings (SSSR count). The Hall–Kier alpha value is -2.70. The highest BCUT2D eigenvalue weighted by Crippen LogP contribution is 2.24. The quantitative estimate of drug-likeness (QED) is 0.575. The number of rotatable bonds is 4. The number of imidazole rings is 1. The highest BCUT2D eigenvalue weighted by atomic mass is 35.5. The molecular weight excluding hydrogens is 368 g/mol. The zero-order valence-electron chi connectivity index (χ0n) is 13.9. The van der Waals surface area contributed by atoms with Crippen molar-refractivity contribution < 1.29 is 4.79 Å². The molecule has 0 saturated carbocycles. The van der Waals surface area contributed by atoms with Crippen molar-refractivity contribution in [1.29, 1.82) is 0 Å². The smallest absolute Gasteiger partial charge is 0.252 e. The van der Waals surface area contributed by atoms with E-state index in [4.69, 9.17) is 11.6 Å². The average molecular weight is 383 g/mol. The summed E-state index contributed by atoms with van der Waals surface area (Å²) >= 11 is 7.52. The van der Waals surface area contributed by atoms with Crippen LogP contribution in [0.25, 0.3) is 10.2 Å². The molecule has 4 aromatic rings. The molecule has 0 unspecified atom stereocenters. The number of thiazole rings is 1. The van der Waals surface area contributed by atoms with Crippen LogP contribution >= 0.6 is 22.9 Å². The summed E-state index contributed by atoms with van der Waals surface area (Å²) in [6.45, 7) is 0. The van der Waals surface area contributed by atoms with Crippen molar-refractivity contribution in [3.05, 3.63) is 82.3 Å². The molecule has 0 saturated heterocycles. The predicted molar refractivity (Wildman–Crippen MR) is 104 cm³/mol. The molecule has 2 aromatic carbocycles. The predicted octanol–water partition coefficient (Wildman–Crippen LogP) is 4.20. The molecule has 130 valence electrons. The van der Waals surface area contributed by atoms with Gasteiger partial charge >= 0.3 is 0 Å². The van der Waals surface area contributed by atoms with Crippen LogP contribution in [-0.2, 0) is 7.05 Å². The summed E-state index contributed by atoms with van der Waals surface area (Å²) < 4.78 is 2.88. The lowest BCUT2D eigenvalue weighted by Crippen LogP contribution is -2.31. The molecule has 0 radical (unpaired) electrons. The van der Waals surface area contributed by atoms with E-state index in [1.807, 2.05) is 54.2 Å². The number of hydrogen-bond acceptors (Lipinski definition) is 4. The maximum absolute atomic E-state index is 12.9. The fraction of sp³-hybridized carbons (Fsp3) is 0.105. The molecule has 26 heavy (non-hydrogen) atoms. The highest BCUT2D eigenvalue weighted by molar-refractivity contribution is 7.16. The molecule has 2 heterocycles. The monoisotopic (exact) mass is 382 g/mol. The van der Waals surface area contributed by atoms with Crippen molar-refractivity contribution in [2.45, 2.75) is 6.04 Å². The minimum atomic E-state index is -0.378. The van der Waals surface area contributed by atoms with Gasteiger partial charge in [-0.2, -0.15) is 0 Å². The first kappa shape index (κ1) is 16.8. The summed E-state index contributed by atoms with van der Waals surface area (Å²) in [6.07, 6.45) is 3.57. The molecule has 0 fully saturated rings. The minimum absolute atomic E-state index is 0.164. The number of carbonyl (C=O) groups excluding carboxylic acids is 1. The van der Waals surface area contributed by atoms with E-state index >= 15 is 0 Å². The third-order valence-corrected chi connectivity index (χ3v) is 5.23. The lowest BCUT2D eigenvalue weighted by molar-refractivity contribution is 0.0941. The molecule has 5 nitrogen and oxygen atoms in total. The molecule has 0 spiro atoms. The zero-order valence-corrected chi connectivity index (χ0v) is 15.5. The summed E-state index contributed by atoms with van der Waals surface area (Å²) in [5.74, 6) is 0.586. The molecule has 2 aromatic heterocycles. The van der Waals surface area contributed by atoms with Gasteiger partial charge in [-0.15, -0.1) is 11.3 Å². The van der Waals surface area contributed by atoms with Gasteiger partial charge in [-0.05, 0) is 35.9 Å². The Morgan fingerprint density at radius 1 is 1.19 bits per heavy atom. The lowest BCUT2D eigenvalue weighted by atomic mass is 10.1. The van der Waals surface area contributed by atoms with Gasteiger partial charge in [-0.3, -0.25) is 4.79 Å². The minimum Gasteiger partial charge on any atom is -0.338 e. The van der Waals surface area contributed by atoms with Crippen LogP contribution in [-0.4, -0.2) is 20.4 Å². The van der Waals surface area contributed by atoms with E-state index in [1.54, 1.807) is 17.8 Å². The molecular formula is C19H15ClN4OS. The first-order chi connectivity index (χ1) is 12.6. The topological polar surface area (TPSA) is 59.8 Å². The van der Waals surface area contributed by atoms with E-state index in [1.165, 1.54) is 11.3 Å². The van der Waals surface area contributed by atoms with Crippen molar-refractivity contribution in [2.24, 2.45) is 7.05 Å². The first-order valence-corrected chi connectivity index (χ1v) is 9.24. The van der Waals surface area contributed by atoms with Gasteiger partial charge < -0.3 is 9.88 Å². The molecule has 0 bridgehead atoms. The molecule has 0 aliphatic carbocycles. The third-order valence-electron chi connectivity index (χ3n) is 4.19.